The van der Waals surface area contributed by atoms with Crippen molar-refractivity contribution in [3.05, 3.63) is 45.2 Å². The number of H-pyrrole nitrogens is 1. The number of pyridine rings is 2. The van der Waals surface area contributed by atoms with E-state index in [1.54, 1.807) is 18.5 Å². The van der Waals surface area contributed by atoms with Crippen LogP contribution in [0.4, 0.5) is 0 Å². The molecule has 6 heteroatoms. The summed E-state index contributed by atoms with van der Waals surface area (Å²) in [5, 5.41) is 0. The van der Waals surface area contributed by atoms with Gasteiger partial charge in [0.2, 0.25) is 0 Å². The molecule has 96 valence electrons. The molecule has 0 aliphatic carbocycles. The molecule has 6 nitrogen and oxygen atoms in total. The van der Waals surface area contributed by atoms with E-state index >= 15 is 0 Å². The van der Waals surface area contributed by atoms with Crippen molar-refractivity contribution >= 4 is 22.1 Å². The second kappa shape index (κ2) is 4.01. The van der Waals surface area contributed by atoms with Crippen LogP contribution in [0, 0.1) is 0 Å². The maximum absolute atomic E-state index is 12.0. The zero-order chi connectivity index (χ0) is 13.6. The van der Waals surface area contributed by atoms with E-state index < -0.39 is 11.1 Å². The van der Waals surface area contributed by atoms with E-state index in [4.69, 9.17) is 0 Å². The third-order valence-corrected chi connectivity index (χ3v) is 3.02. The number of hydrogen-bond acceptors (Lipinski definition) is 4. The van der Waals surface area contributed by atoms with E-state index in [1.165, 1.54) is 4.57 Å². The second-order valence-electron chi connectivity index (χ2n) is 4.61. The van der Waals surface area contributed by atoms with Crippen molar-refractivity contribution in [3.63, 3.8) is 0 Å². The first-order valence-electron chi connectivity index (χ1n) is 5.98. The van der Waals surface area contributed by atoms with Crippen molar-refractivity contribution in [2.24, 2.45) is 0 Å². The van der Waals surface area contributed by atoms with Crippen molar-refractivity contribution in [1.82, 2.24) is 19.5 Å². The molecule has 0 aliphatic rings. The van der Waals surface area contributed by atoms with E-state index in [2.05, 4.69) is 15.0 Å². The fraction of sp³-hybridized carbons (Fsp3) is 0.231. The molecule has 0 unspecified atom stereocenters. The first-order valence-corrected chi connectivity index (χ1v) is 5.98. The minimum Gasteiger partial charge on any atom is -0.315 e. The highest BCUT2D eigenvalue weighted by Gasteiger charge is 2.14. The monoisotopic (exact) mass is 256 g/mol. The molecule has 0 radical (unpaired) electrons. The summed E-state index contributed by atoms with van der Waals surface area (Å²) in [6, 6.07) is 3.47. The van der Waals surface area contributed by atoms with Gasteiger partial charge >= 0.3 is 11.1 Å². The van der Waals surface area contributed by atoms with Gasteiger partial charge in [0, 0.05) is 12.2 Å². The van der Waals surface area contributed by atoms with Crippen LogP contribution in [0.5, 0.6) is 0 Å². The summed E-state index contributed by atoms with van der Waals surface area (Å²) in [6.45, 7) is 3.71. The molecule has 0 aromatic carbocycles. The summed E-state index contributed by atoms with van der Waals surface area (Å²) in [6.07, 6.45) is 3.20. The van der Waals surface area contributed by atoms with E-state index in [0.29, 0.717) is 22.1 Å². The SMILES string of the molecule is CC(C)n1c(=O)c(=O)[nH]c2cnc3cccnc3c21. The molecule has 3 aromatic heterocycles. The van der Waals surface area contributed by atoms with Crippen LogP contribution < -0.4 is 11.1 Å². The van der Waals surface area contributed by atoms with E-state index in [0.717, 1.165) is 0 Å². The largest absolute Gasteiger partial charge is 0.317 e. The summed E-state index contributed by atoms with van der Waals surface area (Å²) in [5.41, 5.74) is 1.23. The number of aromatic amines is 1. The van der Waals surface area contributed by atoms with E-state index in [1.807, 2.05) is 19.9 Å². The van der Waals surface area contributed by atoms with Gasteiger partial charge in [0.05, 0.1) is 22.7 Å². The van der Waals surface area contributed by atoms with Crippen LogP contribution in [0.3, 0.4) is 0 Å². The van der Waals surface area contributed by atoms with Gasteiger partial charge in [-0.25, -0.2) is 0 Å². The van der Waals surface area contributed by atoms with Crippen molar-refractivity contribution < 1.29 is 0 Å². The van der Waals surface area contributed by atoms with Gasteiger partial charge in [-0.3, -0.25) is 24.1 Å². The van der Waals surface area contributed by atoms with Gasteiger partial charge in [-0.1, -0.05) is 0 Å². The Kier molecular flexibility index (Phi) is 2.45. The van der Waals surface area contributed by atoms with Crippen molar-refractivity contribution in [1.29, 1.82) is 0 Å². The summed E-state index contributed by atoms with van der Waals surface area (Å²) in [4.78, 5) is 34.8. The van der Waals surface area contributed by atoms with Crippen LogP contribution in [0.25, 0.3) is 22.1 Å². The van der Waals surface area contributed by atoms with Gasteiger partial charge in [-0.15, -0.1) is 0 Å². The van der Waals surface area contributed by atoms with Crippen LogP contribution in [0.2, 0.25) is 0 Å². The van der Waals surface area contributed by atoms with Crippen LogP contribution in [-0.4, -0.2) is 19.5 Å². The van der Waals surface area contributed by atoms with Crippen LogP contribution >= 0.6 is 0 Å². The van der Waals surface area contributed by atoms with Gasteiger partial charge in [0.15, 0.2) is 0 Å². The lowest BCUT2D eigenvalue weighted by atomic mass is 10.2. The number of rotatable bonds is 1. The lowest BCUT2D eigenvalue weighted by molar-refractivity contribution is 0.594. The maximum Gasteiger partial charge on any atom is 0.317 e. The second-order valence-corrected chi connectivity index (χ2v) is 4.61. The highest BCUT2D eigenvalue weighted by molar-refractivity contribution is 5.98. The Hall–Kier alpha value is -2.50. The predicted octanol–water partition coefficient (Wildman–Crippen LogP) is 1.21. The minimum atomic E-state index is -0.640. The number of hydrogen-bond donors (Lipinski definition) is 1. The smallest absolute Gasteiger partial charge is 0.315 e. The Bertz CT molecular complexity index is 892. The molecule has 3 heterocycles. The molecule has 3 aromatic rings. The Labute approximate surface area is 107 Å². The van der Waals surface area contributed by atoms with E-state index in [9.17, 15) is 9.59 Å². The molecule has 0 saturated heterocycles. The lowest BCUT2D eigenvalue weighted by Gasteiger charge is -2.13. The lowest BCUT2D eigenvalue weighted by Crippen LogP contribution is -2.37. The zero-order valence-electron chi connectivity index (χ0n) is 10.5. The Balaban J connectivity index is 2.68. The van der Waals surface area contributed by atoms with Gasteiger partial charge in [-0.2, -0.15) is 0 Å². The van der Waals surface area contributed by atoms with Gasteiger partial charge in [-0.05, 0) is 26.0 Å². The fourth-order valence-corrected chi connectivity index (χ4v) is 2.22. The molecular formula is C13H12N4O2. The fourth-order valence-electron chi connectivity index (χ4n) is 2.22. The van der Waals surface area contributed by atoms with Gasteiger partial charge < -0.3 is 4.98 Å². The highest BCUT2D eigenvalue weighted by Crippen LogP contribution is 2.20. The molecular weight excluding hydrogens is 244 g/mol. The zero-order valence-corrected chi connectivity index (χ0v) is 10.5. The Morgan fingerprint density at radius 3 is 2.79 bits per heavy atom. The standard InChI is InChI=1S/C13H12N4O2/c1-7(2)17-11-9(16-12(18)13(17)19)6-15-8-4-3-5-14-10(8)11/h3-7H,1-2H3,(H,16,18). The molecule has 0 spiro atoms. The van der Waals surface area contributed by atoms with Gasteiger partial charge in [0.25, 0.3) is 0 Å². The topological polar surface area (TPSA) is 80.6 Å². The summed E-state index contributed by atoms with van der Waals surface area (Å²) in [7, 11) is 0. The summed E-state index contributed by atoms with van der Waals surface area (Å²) in [5.74, 6) is 0. The number of fused-ring (bicyclic) bond motifs is 3. The van der Waals surface area contributed by atoms with Crippen molar-refractivity contribution in [2.75, 3.05) is 0 Å². The minimum absolute atomic E-state index is 0.134. The third-order valence-electron chi connectivity index (χ3n) is 3.02. The quantitative estimate of drug-likeness (QED) is 0.524. The van der Waals surface area contributed by atoms with E-state index in [-0.39, 0.29) is 6.04 Å². The first kappa shape index (κ1) is 11.6. The molecule has 3 rings (SSSR count). The normalized spacial score (nSPS) is 11.5. The van der Waals surface area contributed by atoms with Crippen LogP contribution in [0.15, 0.2) is 34.1 Å². The van der Waals surface area contributed by atoms with Gasteiger partial charge in [0.1, 0.15) is 5.52 Å². The first-order chi connectivity index (χ1) is 9.09. The molecule has 0 atom stereocenters. The average Bonchev–Trinajstić information content (AvgIpc) is 2.39. The Morgan fingerprint density at radius 2 is 2.05 bits per heavy atom. The summed E-state index contributed by atoms with van der Waals surface area (Å²) >= 11 is 0. The molecule has 19 heavy (non-hydrogen) atoms. The maximum atomic E-state index is 12.0. The number of nitrogens with one attached hydrogen (secondary N) is 1. The van der Waals surface area contributed by atoms with Crippen molar-refractivity contribution in [3.8, 4) is 0 Å². The summed E-state index contributed by atoms with van der Waals surface area (Å²) < 4.78 is 1.46. The van der Waals surface area contributed by atoms with Crippen LogP contribution in [0.1, 0.15) is 19.9 Å². The molecule has 0 fully saturated rings. The molecule has 0 saturated carbocycles. The predicted molar refractivity (Wildman–Crippen MR) is 72.3 cm³/mol. The van der Waals surface area contributed by atoms with Crippen molar-refractivity contribution in [2.45, 2.75) is 19.9 Å². The number of nitrogens with zero attached hydrogens (tertiary/aromatic N) is 3. The Morgan fingerprint density at radius 1 is 1.26 bits per heavy atom. The molecule has 1 N–H and O–H groups in total. The average molecular weight is 256 g/mol. The molecule has 0 bridgehead atoms. The molecule has 0 amide bonds. The van der Waals surface area contributed by atoms with Crippen LogP contribution in [-0.2, 0) is 0 Å². The number of aromatic nitrogens is 4. The third kappa shape index (κ3) is 1.64. The molecule has 0 aliphatic heterocycles. The highest BCUT2D eigenvalue weighted by atomic mass is 16.2.